The Morgan fingerprint density at radius 1 is 1.25 bits per heavy atom. The second-order valence-corrected chi connectivity index (χ2v) is 5.85. The second kappa shape index (κ2) is 7.92. The van der Waals surface area contributed by atoms with Crippen molar-refractivity contribution in [3.8, 4) is 5.88 Å². The van der Waals surface area contributed by atoms with E-state index in [1.807, 2.05) is 32.0 Å². The number of anilines is 2. The highest BCUT2D eigenvalue weighted by Gasteiger charge is 2.13. The van der Waals surface area contributed by atoms with Crippen molar-refractivity contribution in [3.05, 3.63) is 36.3 Å². The maximum absolute atomic E-state index is 5.75. The number of morpholine rings is 1. The summed E-state index contributed by atoms with van der Waals surface area (Å²) in [6.07, 6.45) is 3.41. The molecule has 24 heavy (non-hydrogen) atoms. The third-order valence-corrected chi connectivity index (χ3v) is 3.64. The van der Waals surface area contributed by atoms with Crippen LogP contribution in [0.3, 0.4) is 0 Å². The van der Waals surface area contributed by atoms with Gasteiger partial charge < -0.3 is 19.7 Å². The molecule has 0 unspecified atom stereocenters. The van der Waals surface area contributed by atoms with Crippen molar-refractivity contribution in [2.75, 3.05) is 36.5 Å². The van der Waals surface area contributed by atoms with Crippen LogP contribution in [0.25, 0.3) is 0 Å². The molecule has 2 aromatic heterocycles. The quantitative estimate of drug-likeness (QED) is 0.870. The zero-order valence-electron chi connectivity index (χ0n) is 14.1. The van der Waals surface area contributed by atoms with Crippen molar-refractivity contribution < 1.29 is 9.47 Å². The third kappa shape index (κ3) is 4.32. The summed E-state index contributed by atoms with van der Waals surface area (Å²) in [5.41, 5.74) is 0.998. The molecule has 2 aromatic rings. The number of hydrogen-bond donors (Lipinski definition) is 1. The summed E-state index contributed by atoms with van der Waals surface area (Å²) in [7, 11) is 0. The zero-order chi connectivity index (χ0) is 16.8. The van der Waals surface area contributed by atoms with E-state index in [0.717, 1.165) is 43.5 Å². The lowest BCUT2D eigenvalue weighted by molar-refractivity contribution is 0.122. The van der Waals surface area contributed by atoms with Gasteiger partial charge in [0.25, 0.3) is 0 Å². The molecule has 128 valence electrons. The van der Waals surface area contributed by atoms with Gasteiger partial charge >= 0.3 is 0 Å². The predicted molar refractivity (Wildman–Crippen MR) is 92.4 cm³/mol. The van der Waals surface area contributed by atoms with E-state index in [9.17, 15) is 0 Å². The molecule has 1 aliphatic rings. The molecule has 1 fully saturated rings. The van der Waals surface area contributed by atoms with E-state index < -0.39 is 0 Å². The van der Waals surface area contributed by atoms with Crippen LogP contribution in [0.15, 0.2) is 30.7 Å². The van der Waals surface area contributed by atoms with Gasteiger partial charge in [-0.15, -0.1) is 0 Å². The molecule has 0 amide bonds. The lowest BCUT2D eigenvalue weighted by atomic mass is 10.2. The maximum Gasteiger partial charge on any atom is 0.218 e. The van der Waals surface area contributed by atoms with Crippen molar-refractivity contribution in [2.24, 2.45) is 0 Å². The Labute approximate surface area is 142 Å². The average molecular weight is 329 g/mol. The van der Waals surface area contributed by atoms with Crippen LogP contribution in [0.1, 0.15) is 19.4 Å². The number of nitrogens with zero attached hydrogens (tertiary/aromatic N) is 4. The highest BCUT2D eigenvalue weighted by Crippen LogP contribution is 2.19. The van der Waals surface area contributed by atoms with Gasteiger partial charge in [-0.3, -0.25) is 0 Å². The molecular formula is C17H23N5O2. The molecule has 1 saturated heterocycles. The summed E-state index contributed by atoms with van der Waals surface area (Å²) < 4.78 is 11.1. The fourth-order valence-electron chi connectivity index (χ4n) is 2.48. The fourth-order valence-corrected chi connectivity index (χ4v) is 2.48. The van der Waals surface area contributed by atoms with E-state index >= 15 is 0 Å². The van der Waals surface area contributed by atoms with E-state index in [4.69, 9.17) is 9.47 Å². The topological polar surface area (TPSA) is 72.4 Å². The minimum absolute atomic E-state index is 0.0885. The highest BCUT2D eigenvalue weighted by molar-refractivity contribution is 5.49. The third-order valence-electron chi connectivity index (χ3n) is 3.64. The number of pyridine rings is 1. The van der Waals surface area contributed by atoms with E-state index in [1.165, 1.54) is 0 Å². The molecule has 0 saturated carbocycles. The van der Waals surface area contributed by atoms with Crippen molar-refractivity contribution in [1.82, 2.24) is 15.0 Å². The van der Waals surface area contributed by atoms with Crippen molar-refractivity contribution >= 4 is 11.6 Å². The molecule has 0 aromatic carbocycles. The first-order valence-electron chi connectivity index (χ1n) is 8.21. The number of aromatic nitrogens is 3. The van der Waals surface area contributed by atoms with Crippen molar-refractivity contribution in [2.45, 2.75) is 26.5 Å². The summed E-state index contributed by atoms with van der Waals surface area (Å²) in [4.78, 5) is 15.2. The van der Waals surface area contributed by atoms with Crippen LogP contribution in [-0.2, 0) is 11.3 Å². The normalized spacial score (nSPS) is 14.7. The molecule has 0 aliphatic carbocycles. The minimum Gasteiger partial charge on any atom is -0.475 e. The zero-order valence-corrected chi connectivity index (χ0v) is 14.1. The van der Waals surface area contributed by atoms with Gasteiger partial charge in [0, 0.05) is 37.5 Å². The Bertz CT molecular complexity index is 659. The van der Waals surface area contributed by atoms with Gasteiger partial charge in [-0.2, -0.15) is 0 Å². The Morgan fingerprint density at radius 3 is 2.88 bits per heavy atom. The van der Waals surface area contributed by atoms with Crippen molar-refractivity contribution in [1.29, 1.82) is 0 Å². The fraction of sp³-hybridized carbons (Fsp3) is 0.471. The van der Waals surface area contributed by atoms with Crippen LogP contribution in [0.5, 0.6) is 5.88 Å². The molecule has 0 atom stereocenters. The average Bonchev–Trinajstić information content (AvgIpc) is 2.61. The summed E-state index contributed by atoms with van der Waals surface area (Å²) in [6, 6.07) is 5.87. The van der Waals surface area contributed by atoms with Crippen LogP contribution in [0.4, 0.5) is 11.6 Å². The van der Waals surface area contributed by atoms with E-state index in [1.54, 1.807) is 12.5 Å². The second-order valence-electron chi connectivity index (χ2n) is 5.85. The van der Waals surface area contributed by atoms with Crippen LogP contribution < -0.4 is 15.0 Å². The monoisotopic (exact) mass is 329 g/mol. The van der Waals surface area contributed by atoms with E-state index in [-0.39, 0.29) is 6.10 Å². The summed E-state index contributed by atoms with van der Waals surface area (Å²) in [6.45, 7) is 7.75. The van der Waals surface area contributed by atoms with Gasteiger partial charge in [0.2, 0.25) is 5.88 Å². The first kappa shape index (κ1) is 16.4. The summed E-state index contributed by atoms with van der Waals surface area (Å²) in [5, 5.41) is 3.33. The Hall–Kier alpha value is -2.41. The molecule has 3 rings (SSSR count). The van der Waals surface area contributed by atoms with Gasteiger partial charge in [0.05, 0.1) is 19.3 Å². The number of ether oxygens (including phenoxy) is 2. The number of nitrogens with one attached hydrogen (secondary N) is 1. The summed E-state index contributed by atoms with van der Waals surface area (Å²) in [5.74, 6) is 2.36. The standard InChI is InChI=1S/C17H23N5O2/c1-13(2)24-17-14(4-3-5-18-17)11-19-15-10-16(21-12-20-15)22-6-8-23-9-7-22/h3-5,10,12-13H,6-9,11H2,1-2H3,(H,19,20,21). The van der Waals surface area contributed by atoms with Gasteiger partial charge in [-0.1, -0.05) is 6.07 Å². The lowest BCUT2D eigenvalue weighted by Crippen LogP contribution is -2.36. The Morgan fingerprint density at radius 2 is 2.08 bits per heavy atom. The van der Waals surface area contributed by atoms with Crippen LogP contribution in [0.2, 0.25) is 0 Å². The molecule has 7 heteroatoms. The van der Waals surface area contributed by atoms with E-state index in [2.05, 4.69) is 25.2 Å². The van der Waals surface area contributed by atoms with Gasteiger partial charge in [-0.25, -0.2) is 15.0 Å². The molecule has 1 N–H and O–H groups in total. The smallest absolute Gasteiger partial charge is 0.218 e. The van der Waals surface area contributed by atoms with Gasteiger partial charge in [0.15, 0.2) is 0 Å². The molecule has 3 heterocycles. The Kier molecular flexibility index (Phi) is 5.43. The summed E-state index contributed by atoms with van der Waals surface area (Å²) >= 11 is 0. The highest BCUT2D eigenvalue weighted by atomic mass is 16.5. The first-order valence-corrected chi connectivity index (χ1v) is 8.21. The molecule has 1 aliphatic heterocycles. The van der Waals surface area contributed by atoms with Crippen LogP contribution >= 0.6 is 0 Å². The maximum atomic E-state index is 5.75. The van der Waals surface area contributed by atoms with E-state index in [0.29, 0.717) is 12.4 Å². The lowest BCUT2D eigenvalue weighted by Gasteiger charge is -2.27. The minimum atomic E-state index is 0.0885. The molecule has 0 spiro atoms. The molecule has 0 bridgehead atoms. The largest absolute Gasteiger partial charge is 0.475 e. The number of hydrogen-bond acceptors (Lipinski definition) is 7. The van der Waals surface area contributed by atoms with Crippen LogP contribution in [0, 0.1) is 0 Å². The molecule has 0 radical (unpaired) electrons. The van der Waals surface area contributed by atoms with Crippen molar-refractivity contribution in [3.63, 3.8) is 0 Å². The van der Waals surface area contributed by atoms with Crippen LogP contribution in [-0.4, -0.2) is 47.4 Å². The Balaban J connectivity index is 1.66. The first-order chi connectivity index (χ1) is 11.7. The number of rotatable bonds is 6. The molecular weight excluding hydrogens is 306 g/mol. The molecule has 7 nitrogen and oxygen atoms in total. The van der Waals surface area contributed by atoms with Gasteiger partial charge in [0.1, 0.15) is 18.0 Å². The van der Waals surface area contributed by atoms with Gasteiger partial charge in [-0.05, 0) is 19.9 Å². The predicted octanol–water partition coefficient (Wildman–Crippen LogP) is 2.11. The SMILES string of the molecule is CC(C)Oc1ncccc1CNc1cc(N2CCOCC2)ncn1.